The van der Waals surface area contributed by atoms with Crippen LogP contribution >= 0.6 is 0 Å². The predicted octanol–water partition coefficient (Wildman–Crippen LogP) is 9.57. The van der Waals surface area contributed by atoms with Gasteiger partial charge in [-0.1, -0.05) is 146 Å². The Bertz CT molecular complexity index is 1640. The van der Waals surface area contributed by atoms with Crippen molar-refractivity contribution in [1.29, 1.82) is 0 Å². The highest BCUT2D eigenvalue weighted by Gasteiger charge is 2.20. The number of hydrogen-bond acceptors (Lipinski definition) is 1. The van der Waals surface area contributed by atoms with Crippen LogP contribution in [0.15, 0.2) is 158 Å². The molecule has 0 radical (unpaired) electrons. The van der Waals surface area contributed by atoms with Crippen molar-refractivity contribution in [2.75, 3.05) is 0 Å². The van der Waals surface area contributed by atoms with Gasteiger partial charge in [-0.05, 0) is 56.6 Å². The Balaban J connectivity index is 1.49. The fraction of sp³-hybridized carbons (Fsp3) is 0.0270. The summed E-state index contributed by atoms with van der Waals surface area (Å²) in [4.78, 5) is 0. The summed E-state index contributed by atoms with van der Waals surface area (Å²) in [6.07, 6.45) is 0. The van der Waals surface area contributed by atoms with Crippen LogP contribution in [0, 0.1) is 0 Å². The van der Waals surface area contributed by atoms with Crippen molar-refractivity contribution in [2.24, 2.45) is 0 Å². The highest BCUT2D eigenvalue weighted by atomic mass is 16.3. The van der Waals surface area contributed by atoms with E-state index in [4.69, 9.17) is 0 Å². The number of phenolic OH excluding ortho intramolecular Hbond substituents is 1. The zero-order chi connectivity index (χ0) is 25.7. The summed E-state index contributed by atoms with van der Waals surface area (Å²) in [6, 6.07) is 54.7. The van der Waals surface area contributed by atoms with E-state index in [0.717, 1.165) is 16.7 Å². The van der Waals surface area contributed by atoms with Crippen molar-refractivity contribution in [3.63, 3.8) is 0 Å². The minimum absolute atomic E-state index is 0.00606. The van der Waals surface area contributed by atoms with Gasteiger partial charge in [-0.25, -0.2) is 0 Å². The third-order valence-corrected chi connectivity index (χ3v) is 7.12. The van der Waals surface area contributed by atoms with Crippen LogP contribution in [0.5, 0.6) is 5.75 Å². The molecule has 0 aliphatic carbocycles. The molecule has 1 nitrogen and oxygen atoms in total. The maximum atomic E-state index is 10.8. The number of phenols is 1. The highest BCUT2D eigenvalue weighted by Crippen LogP contribution is 2.39. The largest absolute Gasteiger partial charge is 0.507 e. The molecule has 6 rings (SSSR count). The second-order valence-corrected chi connectivity index (χ2v) is 9.56. The molecular weight excluding hydrogens is 460 g/mol. The summed E-state index contributed by atoms with van der Waals surface area (Å²) in [6.45, 7) is 0. The molecule has 0 spiro atoms. The SMILES string of the molecule is Oc1ccc(C(c2ccc(-c3ccccc3)cc2)c2cccc(-c3ccccc3)c2)cc1-c1ccccc1. The molecule has 0 bridgehead atoms. The van der Waals surface area contributed by atoms with Crippen LogP contribution in [0.25, 0.3) is 33.4 Å². The molecule has 0 aliphatic heterocycles. The molecule has 38 heavy (non-hydrogen) atoms. The number of aromatic hydroxyl groups is 1. The zero-order valence-corrected chi connectivity index (χ0v) is 21.0. The molecule has 0 amide bonds. The van der Waals surface area contributed by atoms with Crippen LogP contribution in [-0.4, -0.2) is 5.11 Å². The van der Waals surface area contributed by atoms with E-state index in [-0.39, 0.29) is 11.7 Å². The molecular formula is C37H28O. The van der Waals surface area contributed by atoms with Gasteiger partial charge >= 0.3 is 0 Å². The zero-order valence-electron chi connectivity index (χ0n) is 21.0. The summed E-state index contributed by atoms with van der Waals surface area (Å²) >= 11 is 0. The van der Waals surface area contributed by atoms with Crippen molar-refractivity contribution in [3.8, 4) is 39.1 Å². The van der Waals surface area contributed by atoms with Gasteiger partial charge in [0, 0.05) is 11.5 Å². The van der Waals surface area contributed by atoms with Gasteiger partial charge in [0.15, 0.2) is 0 Å². The van der Waals surface area contributed by atoms with Gasteiger partial charge in [0.25, 0.3) is 0 Å². The van der Waals surface area contributed by atoms with E-state index in [9.17, 15) is 5.11 Å². The Morgan fingerprint density at radius 1 is 0.342 bits per heavy atom. The van der Waals surface area contributed by atoms with Crippen LogP contribution in [0.2, 0.25) is 0 Å². The van der Waals surface area contributed by atoms with Crippen LogP contribution < -0.4 is 0 Å². The molecule has 0 saturated heterocycles. The first kappa shape index (κ1) is 23.5. The van der Waals surface area contributed by atoms with E-state index in [1.54, 1.807) is 0 Å². The van der Waals surface area contributed by atoms with Crippen LogP contribution in [0.1, 0.15) is 22.6 Å². The Kier molecular flexibility index (Phi) is 6.57. The fourth-order valence-corrected chi connectivity index (χ4v) is 5.19. The van der Waals surface area contributed by atoms with E-state index in [1.165, 1.54) is 33.4 Å². The van der Waals surface area contributed by atoms with Gasteiger partial charge in [0.05, 0.1) is 0 Å². The molecule has 0 aliphatic rings. The van der Waals surface area contributed by atoms with Crippen LogP contribution in [0.3, 0.4) is 0 Å². The third kappa shape index (κ3) is 4.87. The van der Waals surface area contributed by atoms with Crippen molar-refractivity contribution < 1.29 is 5.11 Å². The second kappa shape index (κ2) is 10.6. The van der Waals surface area contributed by atoms with E-state index in [2.05, 4.69) is 103 Å². The maximum Gasteiger partial charge on any atom is 0.123 e. The lowest BCUT2D eigenvalue weighted by Gasteiger charge is -2.21. The minimum atomic E-state index is 0.00606. The fourth-order valence-electron chi connectivity index (χ4n) is 5.19. The number of rotatable bonds is 6. The van der Waals surface area contributed by atoms with E-state index in [0.29, 0.717) is 0 Å². The predicted molar refractivity (Wildman–Crippen MR) is 158 cm³/mol. The lowest BCUT2D eigenvalue weighted by atomic mass is 9.82. The Morgan fingerprint density at radius 2 is 0.816 bits per heavy atom. The van der Waals surface area contributed by atoms with Crippen molar-refractivity contribution >= 4 is 0 Å². The number of benzene rings is 6. The Hall–Kier alpha value is -4.88. The molecule has 182 valence electrons. The average Bonchev–Trinajstić information content (AvgIpc) is 3.00. The molecule has 0 heterocycles. The van der Waals surface area contributed by atoms with E-state index in [1.807, 2.05) is 54.6 Å². The highest BCUT2D eigenvalue weighted by molar-refractivity contribution is 5.72. The lowest BCUT2D eigenvalue weighted by Crippen LogP contribution is -2.04. The summed E-state index contributed by atoms with van der Waals surface area (Å²) in [5, 5.41) is 10.8. The third-order valence-electron chi connectivity index (χ3n) is 7.12. The summed E-state index contributed by atoms with van der Waals surface area (Å²) < 4.78 is 0. The topological polar surface area (TPSA) is 20.2 Å². The van der Waals surface area contributed by atoms with Gasteiger partial charge in [0.1, 0.15) is 5.75 Å². The van der Waals surface area contributed by atoms with Gasteiger partial charge < -0.3 is 5.11 Å². The van der Waals surface area contributed by atoms with Gasteiger partial charge in [-0.3, -0.25) is 0 Å². The molecule has 6 aromatic rings. The Morgan fingerprint density at radius 3 is 1.45 bits per heavy atom. The maximum absolute atomic E-state index is 10.8. The van der Waals surface area contributed by atoms with Crippen molar-refractivity contribution in [3.05, 3.63) is 174 Å². The summed E-state index contributed by atoms with van der Waals surface area (Å²) in [7, 11) is 0. The number of hydrogen-bond donors (Lipinski definition) is 1. The molecule has 1 N–H and O–H groups in total. The van der Waals surface area contributed by atoms with Gasteiger partial charge in [-0.15, -0.1) is 0 Å². The van der Waals surface area contributed by atoms with E-state index < -0.39 is 0 Å². The minimum Gasteiger partial charge on any atom is -0.507 e. The molecule has 0 aromatic heterocycles. The lowest BCUT2D eigenvalue weighted by molar-refractivity contribution is 0.477. The molecule has 6 aromatic carbocycles. The van der Waals surface area contributed by atoms with Crippen molar-refractivity contribution in [1.82, 2.24) is 0 Å². The monoisotopic (exact) mass is 488 g/mol. The Labute approximate surface area is 224 Å². The van der Waals surface area contributed by atoms with E-state index >= 15 is 0 Å². The van der Waals surface area contributed by atoms with Crippen LogP contribution in [0.4, 0.5) is 0 Å². The molecule has 1 heteroatoms. The molecule has 1 unspecified atom stereocenters. The summed E-state index contributed by atoms with van der Waals surface area (Å²) in [5.41, 5.74) is 10.2. The first-order chi connectivity index (χ1) is 18.8. The van der Waals surface area contributed by atoms with Crippen LogP contribution in [-0.2, 0) is 0 Å². The summed E-state index contributed by atoms with van der Waals surface area (Å²) in [5.74, 6) is 0.294. The standard InChI is InChI=1S/C37H28O/c38-36-24-23-34(26-35(36)30-15-8-3-9-16-30)37(31-21-19-29(20-22-31)27-11-4-1-5-12-27)33-18-10-17-32(25-33)28-13-6-2-7-14-28/h1-26,37-38H. The quantitative estimate of drug-likeness (QED) is 0.231. The smallest absolute Gasteiger partial charge is 0.123 e. The van der Waals surface area contributed by atoms with Gasteiger partial charge in [0.2, 0.25) is 0 Å². The van der Waals surface area contributed by atoms with Crippen molar-refractivity contribution in [2.45, 2.75) is 5.92 Å². The normalized spacial score (nSPS) is 11.7. The molecule has 0 saturated carbocycles. The second-order valence-electron chi connectivity index (χ2n) is 9.56. The first-order valence-corrected chi connectivity index (χ1v) is 13.0. The van der Waals surface area contributed by atoms with Gasteiger partial charge in [-0.2, -0.15) is 0 Å². The molecule has 1 atom stereocenters. The first-order valence-electron chi connectivity index (χ1n) is 13.0. The molecule has 0 fully saturated rings. The average molecular weight is 489 g/mol.